The van der Waals surface area contributed by atoms with Gasteiger partial charge in [0.25, 0.3) is 0 Å². The first-order chi connectivity index (χ1) is 13.2. The Hall–Kier alpha value is -1.87. The minimum Gasteiger partial charge on any atom is -0.489 e. The summed E-state index contributed by atoms with van der Waals surface area (Å²) < 4.78 is 35.5. The first kappa shape index (κ1) is 20.9. The van der Waals surface area contributed by atoms with Gasteiger partial charge in [-0.25, -0.2) is 18.2 Å². The summed E-state index contributed by atoms with van der Waals surface area (Å²) in [5.41, 5.74) is 0.588. The first-order valence-corrected chi connectivity index (χ1v) is 11.6. The standard InChI is InChI=1S/C19H28N2O6S/c1-13-11-17(12-20-18(13)28(2,24)25)27-15-5-3-14(4-6-15)26-16-7-9-21(10-8-16)19(22)23/h11-12,14-16H,3-10H2,1-2H3,(H,22,23). The molecule has 2 aliphatic rings. The van der Waals surface area contributed by atoms with Crippen LogP contribution in [0.25, 0.3) is 0 Å². The van der Waals surface area contributed by atoms with Crippen molar-refractivity contribution >= 4 is 15.9 Å². The van der Waals surface area contributed by atoms with Crippen molar-refractivity contribution < 1.29 is 27.8 Å². The second-order valence-electron chi connectivity index (χ2n) is 7.69. The largest absolute Gasteiger partial charge is 0.489 e. The molecule has 8 nitrogen and oxygen atoms in total. The monoisotopic (exact) mass is 412 g/mol. The van der Waals surface area contributed by atoms with Crippen LogP contribution in [-0.2, 0) is 14.6 Å². The molecule has 156 valence electrons. The normalized spacial score (nSPS) is 24.1. The smallest absolute Gasteiger partial charge is 0.407 e. The average molecular weight is 413 g/mol. The first-order valence-electron chi connectivity index (χ1n) is 9.69. The van der Waals surface area contributed by atoms with Gasteiger partial charge in [-0.1, -0.05) is 0 Å². The summed E-state index contributed by atoms with van der Waals surface area (Å²) in [5.74, 6) is 0.593. The van der Waals surface area contributed by atoms with E-state index in [1.807, 2.05) is 0 Å². The zero-order valence-electron chi connectivity index (χ0n) is 16.3. The minimum absolute atomic E-state index is 0.0685. The highest BCUT2D eigenvalue weighted by molar-refractivity contribution is 7.90. The van der Waals surface area contributed by atoms with Crippen LogP contribution in [0.3, 0.4) is 0 Å². The number of sulfone groups is 1. The van der Waals surface area contributed by atoms with Crippen LogP contribution in [-0.4, -0.2) is 67.2 Å². The van der Waals surface area contributed by atoms with Crippen molar-refractivity contribution in [3.8, 4) is 5.75 Å². The number of nitrogens with zero attached hydrogens (tertiary/aromatic N) is 2. The fraction of sp³-hybridized carbons (Fsp3) is 0.684. The van der Waals surface area contributed by atoms with Crippen LogP contribution in [0.2, 0.25) is 0 Å². The summed E-state index contributed by atoms with van der Waals surface area (Å²) >= 11 is 0. The van der Waals surface area contributed by atoms with Crippen molar-refractivity contribution in [3.63, 3.8) is 0 Å². The summed E-state index contributed by atoms with van der Waals surface area (Å²) in [4.78, 5) is 16.4. The van der Waals surface area contributed by atoms with Crippen LogP contribution in [0.5, 0.6) is 5.75 Å². The molecule has 1 aliphatic carbocycles. The van der Waals surface area contributed by atoms with Crippen LogP contribution >= 0.6 is 0 Å². The molecule has 1 N–H and O–H groups in total. The Kier molecular flexibility index (Phi) is 6.44. The molecule has 1 aliphatic heterocycles. The minimum atomic E-state index is -3.33. The molecule has 3 rings (SSSR count). The lowest BCUT2D eigenvalue weighted by Crippen LogP contribution is -2.41. The second-order valence-corrected chi connectivity index (χ2v) is 9.62. The van der Waals surface area contributed by atoms with E-state index in [0.29, 0.717) is 24.4 Å². The second kappa shape index (κ2) is 8.65. The van der Waals surface area contributed by atoms with Crippen molar-refractivity contribution in [2.45, 2.75) is 68.8 Å². The molecule has 1 amide bonds. The number of aromatic nitrogens is 1. The number of ether oxygens (including phenoxy) is 2. The van der Waals surface area contributed by atoms with Crippen LogP contribution < -0.4 is 4.74 Å². The highest BCUT2D eigenvalue weighted by Crippen LogP contribution is 2.28. The molecule has 0 aromatic carbocycles. The molecular weight excluding hydrogens is 384 g/mol. The maximum atomic E-state index is 11.7. The van der Waals surface area contributed by atoms with Crippen LogP contribution in [0.15, 0.2) is 17.3 Å². The molecule has 1 saturated carbocycles. The summed E-state index contributed by atoms with van der Waals surface area (Å²) in [6.07, 6.45) is 7.19. The Labute approximate surface area is 165 Å². The molecule has 0 unspecified atom stereocenters. The third-order valence-corrected chi connectivity index (χ3v) is 6.51. The number of carbonyl (C=O) groups is 1. The number of hydrogen-bond acceptors (Lipinski definition) is 6. The van der Waals surface area contributed by atoms with E-state index < -0.39 is 15.9 Å². The van der Waals surface area contributed by atoms with E-state index in [9.17, 15) is 13.2 Å². The molecular formula is C19H28N2O6S. The number of carboxylic acid groups (broad SMARTS) is 1. The third-order valence-electron chi connectivity index (χ3n) is 5.38. The molecule has 1 aromatic rings. The fourth-order valence-electron chi connectivity index (χ4n) is 3.92. The van der Waals surface area contributed by atoms with Gasteiger partial charge in [0.2, 0.25) is 0 Å². The van der Waals surface area contributed by atoms with E-state index in [0.717, 1.165) is 44.8 Å². The number of amides is 1. The Balaban J connectivity index is 1.45. The highest BCUT2D eigenvalue weighted by atomic mass is 32.2. The van der Waals surface area contributed by atoms with E-state index in [4.69, 9.17) is 14.6 Å². The van der Waals surface area contributed by atoms with Gasteiger partial charge < -0.3 is 19.5 Å². The summed E-state index contributed by atoms with van der Waals surface area (Å²) in [7, 11) is -3.33. The summed E-state index contributed by atoms with van der Waals surface area (Å²) in [5, 5.41) is 9.09. The van der Waals surface area contributed by atoms with Gasteiger partial charge in [-0.05, 0) is 57.1 Å². The molecule has 0 atom stereocenters. The maximum Gasteiger partial charge on any atom is 0.407 e. The summed E-state index contributed by atoms with van der Waals surface area (Å²) in [6, 6.07) is 1.72. The summed E-state index contributed by atoms with van der Waals surface area (Å²) in [6.45, 7) is 2.79. The zero-order chi connectivity index (χ0) is 20.3. The number of piperidine rings is 1. The molecule has 1 saturated heterocycles. The van der Waals surface area contributed by atoms with Gasteiger partial charge in [0.1, 0.15) is 5.75 Å². The van der Waals surface area contributed by atoms with E-state index >= 15 is 0 Å². The maximum absolute atomic E-state index is 11.7. The number of aryl methyl sites for hydroxylation is 1. The highest BCUT2D eigenvalue weighted by Gasteiger charge is 2.28. The van der Waals surface area contributed by atoms with Gasteiger partial charge >= 0.3 is 6.09 Å². The lowest BCUT2D eigenvalue weighted by atomic mass is 9.94. The van der Waals surface area contributed by atoms with Crippen molar-refractivity contribution in [2.24, 2.45) is 0 Å². The van der Waals surface area contributed by atoms with Gasteiger partial charge in [0.05, 0.1) is 24.5 Å². The number of pyridine rings is 1. The molecule has 1 aromatic heterocycles. The SMILES string of the molecule is Cc1cc(OC2CCC(OC3CCN(C(=O)O)CC3)CC2)cnc1S(C)(=O)=O. The molecule has 0 bridgehead atoms. The van der Waals surface area contributed by atoms with Crippen LogP contribution in [0.4, 0.5) is 4.79 Å². The van der Waals surface area contributed by atoms with Gasteiger partial charge in [-0.15, -0.1) is 0 Å². The van der Waals surface area contributed by atoms with Gasteiger partial charge in [-0.2, -0.15) is 0 Å². The van der Waals surface area contributed by atoms with Crippen LogP contribution in [0, 0.1) is 6.92 Å². The van der Waals surface area contributed by atoms with Crippen LogP contribution in [0.1, 0.15) is 44.1 Å². The molecule has 2 fully saturated rings. The Bertz CT molecular complexity index is 797. The zero-order valence-corrected chi connectivity index (χ0v) is 17.2. The number of rotatable bonds is 5. The third kappa shape index (κ3) is 5.35. The fourth-order valence-corrected chi connectivity index (χ4v) is 4.81. The average Bonchev–Trinajstić information content (AvgIpc) is 2.63. The van der Waals surface area contributed by atoms with Crippen molar-refractivity contribution in [1.82, 2.24) is 9.88 Å². The lowest BCUT2D eigenvalue weighted by Gasteiger charge is -2.35. The van der Waals surface area contributed by atoms with Crippen molar-refractivity contribution in [1.29, 1.82) is 0 Å². The predicted octanol–water partition coefficient (Wildman–Crippen LogP) is 2.64. The van der Waals surface area contributed by atoms with E-state index in [2.05, 4.69) is 4.98 Å². The predicted molar refractivity (Wildman–Crippen MR) is 102 cm³/mol. The van der Waals surface area contributed by atoms with Gasteiger partial charge in [-0.3, -0.25) is 0 Å². The van der Waals surface area contributed by atoms with Gasteiger partial charge in [0, 0.05) is 19.3 Å². The van der Waals surface area contributed by atoms with E-state index in [1.54, 1.807) is 13.0 Å². The van der Waals surface area contributed by atoms with Gasteiger partial charge in [0.15, 0.2) is 14.9 Å². The molecule has 0 radical (unpaired) electrons. The molecule has 0 spiro atoms. The van der Waals surface area contributed by atoms with Crippen molar-refractivity contribution in [3.05, 3.63) is 17.8 Å². The van der Waals surface area contributed by atoms with Crippen molar-refractivity contribution in [2.75, 3.05) is 19.3 Å². The van der Waals surface area contributed by atoms with E-state index in [-0.39, 0.29) is 23.3 Å². The van der Waals surface area contributed by atoms with E-state index in [1.165, 1.54) is 11.1 Å². The molecule has 9 heteroatoms. The Morgan fingerprint density at radius 3 is 2.21 bits per heavy atom. The Morgan fingerprint density at radius 2 is 1.68 bits per heavy atom. The molecule has 28 heavy (non-hydrogen) atoms. The topological polar surface area (TPSA) is 106 Å². The number of hydrogen-bond donors (Lipinski definition) is 1. The quantitative estimate of drug-likeness (QED) is 0.792. The Morgan fingerprint density at radius 1 is 1.11 bits per heavy atom. The lowest BCUT2D eigenvalue weighted by molar-refractivity contribution is -0.0641. The molecule has 2 heterocycles. The number of likely N-dealkylation sites (tertiary alicyclic amines) is 1.